The highest BCUT2D eigenvalue weighted by molar-refractivity contribution is 5.68. The molecule has 0 aliphatic heterocycles. The molecule has 1 aliphatic rings. The number of amides is 1. The maximum Gasteiger partial charge on any atom is 0.407 e. The summed E-state index contributed by atoms with van der Waals surface area (Å²) in [4.78, 5) is 11.7. The molecule has 0 bridgehead atoms. The summed E-state index contributed by atoms with van der Waals surface area (Å²) in [5.74, 6) is 0.675. The summed E-state index contributed by atoms with van der Waals surface area (Å²) in [5, 5.41) is 21.0. The van der Waals surface area contributed by atoms with Gasteiger partial charge in [0.25, 0.3) is 0 Å². The van der Waals surface area contributed by atoms with Crippen LogP contribution in [0.25, 0.3) is 0 Å². The number of alkyl carbamates (subject to hydrolysis) is 1. The van der Waals surface area contributed by atoms with Crippen molar-refractivity contribution in [1.29, 1.82) is 5.26 Å². The molecule has 2 atom stereocenters. The van der Waals surface area contributed by atoms with Gasteiger partial charge in [0.15, 0.2) is 6.10 Å². The van der Waals surface area contributed by atoms with Crippen LogP contribution in [0.1, 0.15) is 52.9 Å². The summed E-state index contributed by atoms with van der Waals surface area (Å²) in [6.07, 6.45) is 3.45. The van der Waals surface area contributed by atoms with Gasteiger partial charge in [-0.1, -0.05) is 19.3 Å². The summed E-state index contributed by atoms with van der Waals surface area (Å²) in [5.41, 5.74) is -0.583. The first-order chi connectivity index (χ1) is 8.81. The zero-order valence-electron chi connectivity index (χ0n) is 12.0. The van der Waals surface area contributed by atoms with Crippen LogP contribution in [0.2, 0.25) is 0 Å². The number of ether oxygens (including phenoxy) is 1. The zero-order valence-corrected chi connectivity index (χ0v) is 12.0. The van der Waals surface area contributed by atoms with E-state index in [0.717, 1.165) is 6.42 Å². The van der Waals surface area contributed by atoms with E-state index in [1.807, 2.05) is 0 Å². The second kappa shape index (κ2) is 6.76. The Kier molecular flexibility index (Phi) is 5.61. The number of nitrogens with zero attached hydrogens (tertiary/aromatic N) is 1. The standard InChI is InChI=1S/C14H24N2O3/c1-14(2,3)19-13(18)16-11(12(17)9-15)8-7-10-5-4-6-10/h10-12,17H,4-8H2,1-3H3,(H,16,18). The van der Waals surface area contributed by atoms with Gasteiger partial charge >= 0.3 is 6.09 Å². The molecule has 1 aliphatic carbocycles. The van der Waals surface area contributed by atoms with E-state index in [1.54, 1.807) is 26.8 Å². The van der Waals surface area contributed by atoms with Gasteiger partial charge in [0.05, 0.1) is 12.1 Å². The van der Waals surface area contributed by atoms with Gasteiger partial charge in [-0.05, 0) is 39.5 Å². The van der Waals surface area contributed by atoms with Gasteiger partial charge in [0, 0.05) is 0 Å². The minimum absolute atomic E-state index is 0.555. The molecule has 2 N–H and O–H groups in total. The molecule has 0 heterocycles. The number of aliphatic hydroxyl groups is 1. The number of hydrogen-bond donors (Lipinski definition) is 2. The summed E-state index contributed by atoms with van der Waals surface area (Å²) in [6, 6.07) is 1.22. The molecule has 2 unspecified atom stereocenters. The van der Waals surface area contributed by atoms with Gasteiger partial charge in [0.1, 0.15) is 5.60 Å². The lowest BCUT2D eigenvalue weighted by atomic mass is 9.81. The second-order valence-electron chi connectivity index (χ2n) is 6.20. The molecule has 1 saturated carbocycles. The van der Waals surface area contributed by atoms with Crippen LogP contribution in [0, 0.1) is 17.2 Å². The Morgan fingerprint density at radius 1 is 1.53 bits per heavy atom. The third kappa shape index (κ3) is 5.93. The third-order valence-electron chi connectivity index (χ3n) is 3.33. The molecule has 108 valence electrons. The fourth-order valence-corrected chi connectivity index (χ4v) is 2.05. The Labute approximate surface area is 114 Å². The van der Waals surface area contributed by atoms with Crippen LogP contribution in [-0.2, 0) is 4.74 Å². The fraction of sp³-hybridized carbons (Fsp3) is 0.857. The van der Waals surface area contributed by atoms with Gasteiger partial charge < -0.3 is 15.2 Å². The molecule has 0 saturated heterocycles. The van der Waals surface area contributed by atoms with Crippen molar-refractivity contribution in [2.75, 3.05) is 0 Å². The molecule has 0 spiro atoms. The molecule has 0 aromatic carbocycles. The van der Waals surface area contributed by atoms with Gasteiger partial charge in [-0.25, -0.2) is 4.79 Å². The Hall–Kier alpha value is -1.28. The Morgan fingerprint density at radius 2 is 2.16 bits per heavy atom. The monoisotopic (exact) mass is 268 g/mol. The van der Waals surface area contributed by atoms with E-state index in [-0.39, 0.29) is 0 Å². The van der Waals surface area contributed by atoms with Crippen LogP contribution in [-0.4, -0.2) is 28.9 Å². The quantitative estimate of drug-likeness (QED) is 0.750. The lowest BCUT2D eigenvalue weighted by Crippen LogP contribution is -2.45. The number of carbonyl (C=O) groups excluding carboxylic acids is 1. The molecule has 5 heteroatoms. The van der Waals surface area contributed by atoms with Crippen LogP contribution < -0.4 is 5.32 Å². The minimum Gasteiger partial charge on any atom is -0.444 e. The van der Waals surface area contributed by atoms with E-state index in [4.69, 9.17) is 10.00 Å². The van der Waals surface area contributed by atoms with Crippen LogP contribution in [0.4, 0.5) is 4.79 Å². The predicted octanol–water partition coefficient (Wildman–Crippen LogP) is 2.34. The Bertz CT molecular complexity index is 340. The second-order valence-corrected chi connectivity index (χ2v) is 6.20. The number of aliphatic hydroxyl groups excluding tert-OH is 1. The summed E-state index contributed by atoms with van der Waals surface area (Å²) in [7, 11) is 0. The molecule has 0 radical (unpaired) electrons. The largest absolute Gasteiger partial charge is 0.444 e. The zero-order chi connectivity index (χ0) is 14.5. The van der Waals surface area contributed by atoms with Gasteiger partial charge in [-0.3, -0.25) is 0 Å². The number of nitriles is 1. The van der Waals surface area contributed by atoms with E-state index in [2.05, 4.69) is 5.32 Å². The molecule has 1 fully saturated rings. The van der Waals surface area contributed by atoms with Crippen molar-refractivity contribution in [2.45, 2.75) is 70.6 Å². The first-order valence-electron chi connectivity index (χ1n) is 6.89. The average Bonchev–Trinajstić information content (AvgIpc) is 2.21. The van der Waals surface area contributed by atoms with Crippen molar-refractivity contribution in [3.05, 3.63) is 0 Å². The lowest BCUT2D eigenvalue weighted by Gasteiger charge is -2.28. The van der Waals surface area contributed by atoms with Crippen molar-refractivity contribution < 1.29 is 14.6 Å². The van der Waals surface area contributed by atoms with Crippen molar-refractivity contribution in [3.8, 4) is 6.07 Å². The van der Waals surface area contributed by atoms with Crippen molar-refractivity contribution >= 4 is 6.09 Å². The van der Waals surface area contributed by atoms with Crippen LogP contribution >= 0.6 is 0 Å². The molecule has 1 amide bonds. The Balaban J connectivity index is 2.44. The summed E-state index contributed by atoms with van der Waals surface area (Å²) < 4.78 is 5.14. The molecule has 0 aromatic heterocycles. The molecular weight excluding hydrogens is 244 g/mol. The van der Waals surface area contributed by atoms with E-state index < -0.39 is 23.8 Å². The molecule has 0 aromatic rings. The van der Waals surface area contributed by atoms with Crippen LogP contribution in [0.3, 0.4) is 0 Å². The summed E-state index contributed by atoms with van der Waals surface area (Å²) >= 11 is 0. The minimum atomic E-state index is -1.19. The highest BCUT2D eigenvalue weighted by Gasteiger charge is 2.26. The van der Waals surface area contributed by atoms with E-state index in [9.17, 15) is 9.90 Å². The summed E-state index contributed by atoms with van der Waals surface area (Å²) in [6.45, 7) is 5.32. The molecule has 5 nitrogen and oxygen atoms in total. The lowest BCUT2D eigenvalue weighted by molar-refractivity contribution is 0.0446. The highest BCUT2D eigenvalue weighted by atomic mass is 16.6. The predicted molar refractivity (Wildman–Crippen MR) is 71.4 cm³/mol. The molecule has 19 heavy (non-hydrogen) atoms. The SMILES string of the molecule is CC(C)(C)OC(=O)NC(CCC1CCC1)C(O)C#N. The average molecular weight is 268 g/mol. The number of rotatable bonds is 5. The van der Waals surface area contributed by atoms with Gasteiger partial charge in [-0.15, -0.1) is 0 Å². The van der Waals surface area contributed by atoms with Gasteiger partial charge in [-0.2, -0.15) is 5.26 Å². The first-order valence-corrected chi connectivity index (χ1v) is 6.89. The molecular formula is C14H24N2O3. The van der Waals surface area contributed by atoms with Crippen molar-refractivity contribution in [1.82, 2.24) is 5.32 Å². The maximum absolute atomic E-state index is 11.7. The van der Waals surface area contributed by atoms with Gasteiger partial charge in [0.2, 0.25) is 0 Å². The number of hydrogen-bond acceptors (Lipinski definition) is 4. The third-order valence-corrected chi connectivity index (χ3v) is 3.33. The normalized spacial score (nSPS) is 18.9. The maximum atomic E-state index is 11.7. The van der Waals surface area contributed by atoms with E-state index >= 15 is 0 Å². The first kappa shape index (κ1) is 15.8. The van der Waals surface area contributed by atoms with Crippen LogP contribution in [0.15, 0.2) is 0 Å². The van der Waals surface area contributed by atoms with E-state index in [1.165, 1.54) is 19.3 Å². The number of nitrogens with one attached hydrogen (secondary N) is 1. The topological polar surface area (TPSA) is 82.3 Å². The van der Waals surface area contributed by atoms with E-state index in [0.29, 0.717) is 12.3 Å². The molecule has 1 rings (SSSR count). The smallest absolute Gasteiger partial charge is 0.407 e. The fourth-order valence-electron chi connectivity index (χ4n) is 2.05. The van der Waals surface area contributed by atoms with Crippen LogP contribution in [0.5, 0.6) is 0 Å². The Morgan fingerprint density at radius 3 is 2.58 bits per heavy atom. The van der Waals surface area contributed by atoms with Crippen molar-refractivity contribution in [3.63, 3.8) is 0 Å². The number of carbonyl (C=O) groups is 1. The highest BCUT2D eigenvalue weighted by Crippen LogP contribution is 2.31. The van der Waals surface area contributed by atoms with Crippen molar-refractivity contribution in [2.24, 2.45) is 5.92 Å².